The van der Waals surface area contributed by atoms with E-state index in [0.717, 1.165) is 28.3 Å². The minimum atomic E-state index is -0.511. The normalized spacial score (nSPS) is 13.3. The minimum Gasteiger partial charge on any atom is -0.228 e. The Morgan fingerprint density at radius 1 is 0.340 bits per heavy atom. The van der Waals surface area contributed by atoms with Crippen molar-refractivity contribution in [1.82, 2.24) is 9.97 Å². The second kappa shape index (κ2) is 9.94. The van der Waals surface area contributed by atoms with E-state index in [1.165, 1.54) is 60.8 Å². The van der Waals surface area contributed by atoms with Gasteiger partial charge in [-0.15, -0.1) is 0 Å². The van der Waals surface area contributed by atoms with Crippen molar-refractivity contribution >= 4 is 10.8 Å². The molecule has 2 nitrogen and oxygen atoms in total. The summed E-state index contributed by atoms with van der Waals surface area (Å²) in [5.74, 6) is 0.735. The summed E-state index contributed by atoms with van der Waals surface area (Å²) in [6, 6.07) is 61.1. The number of aromatic nitrogens is 2. The van der Waals surface area contributed by atoms with Crippen molar-refractivity contribution in [3.8, 4) is 56.2 Å². The summed E-state index contributed by atoms with van der Waals surface area (Å²) in [4.78, 5) is 10.9. The quantitative estimate of drug-likeness (QED) is 0.203. The first-order valence-electron chi connectivity index (χ1n) is 16.2. The smallest absolute Gasteiger partial charge is 0.160 e. The van der Waals surface area contributed by atoms with Crippen LogP contribution in [0.15, 0.2) is 170 Å². The Morgan fingerprint density at radius 2 is 0.851 bits per heavy atom. The molecule has 0 atom stereocenters. The fraction of sp³-hybridized carbons (Fsp3) is 0.0222. The molecule has 0 saturated heterocycles. The van der Waals surface area contributed by atoms with Crippen molar-refractivity contribution in [3.05, 3.63) is 192 Å². The van der Waals surface area contributed by atoms with Gasteiger partial charge in [0.25, 0.3) is 0 Å². The molecule has 1 heterocycles. The largest absolute Gasteiger partial charge is 0.228 e. The highest BCUT2D eigenvalue weighted by Gasteiger charge is 2.54. The molecule has 2 aliphatic rings. The summed E-state index contributed by atoms with van der Waals surface area (Å²) in [6.07, 6.45) is 0. The van der Waals surface area contributed by atoms with Gasteiger partial charge < -0.3 is 0 Å². The average molecular weight is 597 g/mol. The topological polar surface area (TPSA) is 25.8 Å². The van der Waals surface area contributed by atoms with E-state index in [0.29, 0.717) is 0 Å². The van der Waals surface area contributed by atoms with Crippen molar-refractivity contribution in [1.29, 1.82) is 0 Å². The number of rotatable bonds is 3. The molecule has 1 spiro atoms. The third kappa shape index (κ3) is 3.67. The molecule has 0 N–H and O–H groups in total. The van der Waals surface area contributed by atoms with Crippen LogP contribution in [0, 0.1) is 0 Å². The Morgan fingerprint density at radius 3 is 1.55 bits per heavy atom. The molecule has 218 valence electrons. The molecule has 0 radical (unpaired) electrons. The summed E-state index contributed by atoms with van der Waals surface area (Å²) in [7, 11) is 0. The molecule has 0 aliphatic heterocycles. The minimum absolute atomic E-state index is 0.511. The molecule has 10 rings (SSSR count). The van der Waals surface area contributed by atoms with Crippen molar-refractivity contribution < 1.29 is 0 Å². The van der Waals surface area contributed by atoms with Gasteiger partial charge in [0.1, 0.15) is 0 Å². The highest BCUT2D eigenvalue weighted by Crippen LogP contribution is 2.63. The molecule has 1 aromatic heterocycles. The van der Waals surface area contributed by atoms with Crippen LogP contribution in [0.1, 0.15) is 22.3 Å². The molecule has 2 heteroatoms. The van der Waals surface area contributed by atoms with Gasteiger partial charge in [0.05, 0.1) is 16.8 Å². The van der Waals surface area contributed by atoms with Gasteiger partial charge in [-0.3, -0.25) is 0 Å². The Labute approximate surface area is 273 Å². The van der Waals surface area contributed by atoms with Crippen molar-refractivity contribution in [2.45, 2.75) is 5.41 Å². The van der Waals surface area contributed by atoms with Gasteiger partial charge in [0.15, 0.2) is 5.82 Å². The van der Waals surface area contributed by atoms with Crippen LogP contribution in [0.5, 0.6) is 0 Å². The number of hydrogen-bond donors (Lipinski definition) is 0. The Kier molecular flexibility index (Phi) is 5.53. The van der Waals surface area contributed by atoms with Crippen LogP contribution in [-0.2, 0) is 5.41 Å². The van der Waals surface area contributed by atoms with Gasteiger partial charge in [-0.2, -0.15) is 0 Å². The predicted octanol–water partition coefficient (Wildman–Crippen LogP) is 11.0. The van der Waals surface area contributed by atoms with E-state index in [1.54, 1.807) is 0 Å². The van der Waals surface area contributed by atoms with E-state index < -0.39 is 5.41 Å². The third-order valence-corrected chi connectivity index (χ3v) is 10.1. The lowest BCUT2D eigenvalue weighted by molar-refractivity contribution is 0.788. The predicted molar refractivity (Wildman–Crippen MR) is 192 cm³/mol. The molecule has 0 fully saturated rings. The molecular formula is C45H28N2. The molecule has 7 aromatic carbocycles. The lowest BCUT2D eigenvalue weighted by Gasteiger charge is -2.31. The van der Waals surface area contributed by atoms with Gasteiger partial charge in [-0.05, 0) is 55.8 Å². The van der Waals surface area contributed by atoms with E-state index in [2.05, 4.69) is 170 Å². The fourth-order valence-corrected chi connectivity index (χ4v) is 8.07. The molecule has 0 unspecified atom stereocenters. The lowest BCUT2D eigenvalue weighted by atomic mass is 9.69. The molecule has 0 saturated carbocycles. The molecule has 0 amide bonds. The van der Waals surface area contributed by atoms with Crippen LogP contribution < -0.4 is 0 Å². The first-order chi connectivity index (χ1) is 23.3. The summed E-state index contributed by atoms with van der Waals surface area (Å²) < 4.78 is 0. The van der Waals surface area contributed by atoms with Gasteiger partial charge in [0, 0.05) is 22.3 Å². The molecule has 2 aliphatic carbocycles. The SMILES string of the molecule is c1ccc(-c2nc(-c3ccc(-c4ccc5ccccc5c4)cc3)nc3c2C2(c4ccccc4-c4ccccc42)c2ccccc2-3)cc1. The number of benzene rings is 7. The molecule has 47 heavy (non-hydrogen) atoms. The Balaban J connectivity index is 1.22. The number of fused-ring (bicyclic) bond motifs is 11. The molecular weight excluding hydrogens is 569 g/mol. The van der Waals surface area contributed by atoms with Gasteiger partial charge in [-0.25, -0.2) is 9.97 Å². The maximum atomic E-state index is 5.46. The Hall–Kier alpha value is -6.12. The van der Waals surface area contributed by atoms with E-state index in [9.17, 15) is 0 Å². The van der Waals surface area contributed by atoms with Crippen molar-refractivity contribution in [2.75, 3.05) is 0 Å². The van der Waals surface area contributed by atoms with Crippen LogP contribution in [0.4, 0.5) is 0 Å². The third-order valence-electron chi connectivity index (χ3n) is 10.1. The zero-order valence-corrected chi connectivity index (χ0v) is 25.6. The standard InChI is InChI=1S/C45H28N2/c1-2-13-31(14-3-1)42-41-43(47-44(46-42)32-25-22-30(23-26-32)34-27-24-29-12-4-5-15-33(29)28-34)37-18-8-11-21-40(37)45(41)38-19-9-6-16-35(38)36-17-7-10-20-39(36)45/h1-28H. The van der Waals surface area contributed by atoms with Crippen LogP contribution in [0.25, 0.3) is 66.9 Å². The van der Waals surface area contributed by atoms with Crippen LogP contribution in [0.3, 0.4) is 0 Å². The summed E-state index contributed by atoms with van der Waals surface area (Å²) in [5.41, 5.74) is 14.7. The zero-order valence-electron chi connectivity index (χ0n) is 25.6. The van der Waals surface area contributed by atoms with Crippen LogP contribution in [0.2, 0.25) is 0 Å². The number of hydrogen-bond acceptors (Lipinski definition) is 2. The highest BCUT2D eigenvalue weighted by molar-refractivity contribution is 5.97. The van der Waals surface area contributed by atoms with Crippen molar-refractivity contribution in [2.24, 2.45) is 0 Å². The average Bonchev–Trinajstić information content (AvgIpc) is 3.62. The van der Waals surface area contributed by atoms with E-state index in [1.807, 2.05) is 0 Å². The molecule has 0 bridgehead atoms. The van der Waals surface area contributed by atoms with Crippen LogP contribution >= 0.6 is 0 Å². The van der Waals surface area contributed by atoms with Crippen molar-refractivity contribution in [3.63, 3.8) is 0 Å². The lowest BCUT2D eigenvalue weighted by Crippen LogP contribution is -2.27. The maximum Gasteiger partial charge on any atom is 0.160 e. The first-order valence-corrected chi connectivity index (χ1v) is 16.2. The second-order valence-corrected chi connectivity index (χ2v) is 12.5. The van der Waals surface area contributed by atoms with E-state index in [-0.39, 0.29) is 0 Å². The van der Waals surface area contributed by atoms with Gasteiger partial charge >= 0.3 is 0 Å². The van der Waals surface area contributed by atoms with Gasteiger partial charge in [-0.1, -0.05) is 164 Å². The van der Waals surface area contributed by atoms with Gasteiger partial charge in [0.2, 0.25) is 0 Å². The summed E-state index contributed by atoms with van der Waals surface area (Å²) in [6.45, 7) is 0. The zero-order chi connectivity index (χ0) is 31.0. The second-order valence-electron chi connectivity index (χ2n) is 12.5. The monoisotopic (exact) mass is 596 g/mol. The Bertz CT molecular complexity index is 2470. The molecule has 8 aromatic rings. The summed E-state index contributed by atoms with van der Waals surface area (Å²) >= 11 is 0. The van der Waals surface area contributed by atoms with E-state index in [4.69, 9.17) is 9.97 Å². The maximum absolute atomic E-state index is 5.46. The highest BCUT2D eigenvalue weighted by atomic mass is 14.9. The fourth-order valence-electron chi connectivity index (χ4n) is 8.07. The van der Waals surface area contributed by atoms with E-state index >= 15 is 0 Å². The number of nitrogens with zero attached hydrogens (tertiary/aromatic N) is 2. The van der Waals surface area contributed by atoms with Crippen LogP contribution in [-0.4, -0.2) is 9.97 Å². The summed E-state index contributed by atoms with van der Waals surface area (Å²) in [5, 5.41) is 2.49. The first kappa shape index (κ1) is 26.1.